The number of nitrogens with two attached hydrogens (primary N) is 1. The van der Waals surface area contributed by atoms with Crippen LogP contribution >= 0.6 is 11.3 Å². The summed E-state index contributed by atoms with van der Waals surface area (Å²) in [7, 11) is 0. The molecule has 1 aliphatic heterocycles. The number of rotatable bonds is 6. The summed E-state index contributed by atoms with van der Waals surface area (Å²) < 4.78 is 7.08. The summed E-state index contributed by atoms with van der Waals surface area (Å²) >= 11 is 1.52. The number of primary amides is 1. The zero-order valence-electron chi connectivity index (χ0n) is 17.1. The smallest absolute Gasteiger partial charge is 0.339 e. The van der Waals surface area contributed by atoms with Crippen LogP contribution in [-0.4, -0.2) is 57.1 Å². The first-order valence-corrected chi connectivity index (χ1v) is 11.0. The number of hydrogen-bond donors (Lipinski definition) is 1. The first-order valence-electron chi connectivity index (χ1n) is 10.1. The van der Waals surface area contributed by atoms with E-state index in [1.165, 1.54) is 11.3 Å². The van der Waals surface area contributed by atoms with Crippen molar-refractivity contribution in [1.82, 2.24) is 19.7 Å². The number of amides is 2. The number of hydrogen-bond acceptors (Lipinski definition) is 7. The molecule has 0 unspecified atom stereocenters. The van der Waals surface area contributed by atoms with Crippen molar-refractivity contribution >= 4 is 40.2 Å². The first-order chi connectivity index (χ1) is 15.0. The third kappa shape index (κ3) is 4.29. The van der Waals surface area contributed by atoms with Gasteiger partial charge in [0.1, 0.15) is 0 Å². The number of aromatic nitrogens is 3. The van der Waals surface area contributed by atoms with Gasteiger partial charge in [-0.2, -0.15) is 5.10 Å². The van der Waals surface area contributed by atoms with Crippen molar-refractivity contribution in [1.29, 1.82) is 0 Å². The fourth-order valence-electron chi connectivity index (χ4n) is 3.71. The second-order valence-electron chi connectivity index (χ2n) is 7.36. The molecular formula is C21H23N5O4S. The van der Waals surface area contributed by atoms with Crippen molar-refractivity contribution in [2.45, 2.75) is 26.3 Å². The van der Waals surface area contributed by atoms with Gasteiger partial charge in [0.2, 0.25) is 5.91 Å². The van der Waals surface area contributed by atoms with Crippen LogP contribution in [0.1, 0.15) is 30.1 Å². The van der Waals surface area contributed by atoms with Crippen LogP contribution in [-0.2, 0) is 20.9 Å². The molecule has 3 aromatic heterocycles. The molecule has 0 spiro atoms. The number of fused-ring (bicyclic) bond motifs is 1. The maximum Gasteiger partial charge on any atom is 0.339 e. The summed E-state index contributed by atoms with van der Waals surface area (Å²) in [5, 5.41) is 6.83. The molecule has 4 heterocycles. The molecule has 0 radical (unpaired) electrons. The lowest BCUT2D eigenvalue weighted by molar-refractivity contribution is -0.137. The fraction of sp³-hybridized carbons (Fsp3) is 0.381. The topological polar surface area (TPSA) is 120 Å². The van der Waals surface area contributed by atoms with E-state index in [2.05, 4.69) is 10.1 Å². The summed E-state index contributed by atoms with van der Waals surface area (Å²) in [5.41, 5.74) is 6.91. The lowest BCUT2D eigenvalue weighted by Crippen LogP contribution is -2.43. The predicted octanol–water partition coefficient (Wildman–Crippen LogP) is 2.06. The fourth-order valence-corrected chi connectivity index (χ4v) is 4.39. The van der Waals surface area contributed by atoms with Crippen molar-refractivity contribution in [2.24, 2.45) is 11.7 Å². The highest BCUT2D eigenvalue weighted by Crippen LogP contribution is 2.28. The first kappa shape index (κ1) is 21.0. The molecule has 3 aromatic rings. The Bertz CT molecular complexity index is 1120. The number of esters is 1. The average molecular weight is 442 g/mol. The van der Waals surface area contributed by atoms with E-state index in [-0.39, 0.29) is 24.3 Å². The number of aryl methyl sites for hydroxylation is 1. The van der Waals surface area contributed by atoms with E-state index in [9.17, 15) is 14.4 Å². The molecule has 1 fully saturated rings. The zero-order valence-corrected chi connectivity index (χ0v) is 17.9. The third-order valence-corrected chi connectivity index (χ3v) is 6.37. The third-order valence-electron chi connectivity index (χ3n) is 5.48. The Kier molecular flexibility index (Phi) is 5.99. The molecule has 4 rings (SSSR count). The van der Waals surface area contributed by atoms with Crippen molar-refractivity contribution in [3.8, 4) is 10.6 Å². The molecule has 1 saturated heterocycles. The zero-order chi connectivity index (χ0) is 22.0. The number of carbonyl (C=O) groups is 3. The van der Waals surface area contributed by atoms with Crippen LogP contribution in [0.4, 0.5) is 0 Å². The van der Waals surface area contributed by atoms with Gasteiger partial charge in [0.25, 0.3) is 5.91 Å². The molecule has 0 aliphatic carbocycles. The maximum absolute atomic E-state index is 12.9. The minimum atomic E-state index is -0.596. The SMILES string of the molecule is CCn1ncc2c(C(=O)OCC(=O)N3CCC(C(N)=O)CC3)cc(-c3cccs3)nc21. The number of likely N-dealkylation sites (tertiary alicyclic amines) is 1. The summed E-state index contributed by atoms with van der Waals surface area (Å²) in [5.74, 6) is -1.43. The van der Waals surface area contributed by atoms with E-state index in [4.69, 9.17) is 10.5 Å². The van der Waals surface area contributed by atoms with Gasteiger partial charge in [-0.05, 0) is 37.3 Å². The normalized spacial score (nSPS) is 14.7. The van der Waals surface area contributed by atoms with Crippen LogP contribution < -0.4 is 5.73 Å². The predicted molar refractivity (Wildman–Crippen MR) is 115 cm³/mol. The largest absolute Gasteiger partial charge is 0.452 e. The lowest BCUT2D eigenvalue weighted by atomic mass is 9.96. The molecule has 9 nitrogen and oxygen atoms in total. The van der Waals surface area contributed by atoms with Crippen LogP contribution in [0.25, 0.3) is 21.6 Å². The standard InChI is InChI=1S/C21H23N5O4S/c1-2-26-20-15(11-23-26)14(10-16(24-20)17-4-3-9-31-17)21(29)30-12-18(27)25-7-5-13(6-8-25)19(22)28/h3-4,9-11,13H,2,5-8,12H2,1H3,(H2,22,28). The second kappa shape index (κ2) is 8.84. The van der Waals surface area contributed by atoms with Crippen LogP contribution in [0.2, 0.25) is 0 Å². The van der Waals surface area contributed by atoms with Crippen molar-refractivity contribution in [3.05, 3.63) is 35.3 Å². The van der Waals surface area contributed by atoms with Crippen LogP contribution in [0.3, 0.4) is 0 Å². The lowest BCUT2D eigenvalue weighted by Gasteiger charge is -2.30. The number of pyridine rings is 1. The minimum absolute atomic E-state index is 0.206. The number of ether oxygens (including phenoxy) is 1. The van der Waals surface area contributed by atoms with Gasteiger partial charge in [0.05, 0.1) is 27.7 Å². The van der Waals surface area contributed by atoms with Gasteiger partial charge in [-0.3, -0.25) is 9.59 Å². The van der Waals surface area contributed by atoms with E-state index < -0.39 is 5.97 Å². The van der Waals surface area contributed by atoms with E-state index >= 15 is 0 Å². The number of nitrogens with zero attached hydrogens (tertiary/aromatic N) is 4. The molecule has 0 aromatic carbocycles. The Morgan fingerprint density at radius 3 is 2.71 bits per heavy atom. The quantitative estimate of drug-likeness (QED) is 0.585. The molecule has 2 amide bonds. The van der Waals surface area contributed by atoms with E-state index in [0.29, 0.717) is 54.8 Å². The Labute approximate surface area is 182 Å². The van der Waals surface area contributed by atoms with E-state index in [0.717, 1.165) is 4.88 Å². The highest BCUT2D eigenvalue weighted by atomic mass is 32.1. The van der Waals surface area contributed by atoms with Crippen molar-refractivity contribution in [2.75, 3.05) is 19.7 Å². The summed E-state index contributed by atoms with van der Waals surface area (Å²) in [6.07, 6.45) is 2.65. The minimum Gasteiger partial charge on any atom is -0.452 e. The Morgan fingerprint density at radius 2 is 2.06 bits per heavy atom. The summed E-state index contributed by atoms with van der Waals surface area (Å²) in [6.45, 7) is 3.05. The highest BCUT2D eigenvalue weighted by Gasteiger charge is 2.27. The van der Waals surface area contributed by atoms with Crippen molar-refractivity contribution < 1.29 is 19.1 Å². The van der Waals surface area contributed by atoms with Crippen LogP contribution in [0.15, 0.2) is 29.8 Å². The summed E-state index contributed by atoms with van der Waals surface area (Å²) in [4.78, 5) is 43.9. The van der Waals surface area contributed by atoms with E-state index in [1.54, 1.807) is 21.8 Å². The Hall–Kier alpha value is -3.27. The number of carbonyl (C=O) groups excluding carboxylic acids is 3. The monoisotopic (exact) mass is 441 g/mol. The molecule has 2 N–H and O–H groups in total. The van der Waals surface area contributed by atoms with Gasteiger partial charge < -0.3 is 15.4 Å². The molecule has 1 aliphatic rings. The average Bonchev–Trinajstić information content (AvgIpc) is 3.46. The molecule has 31 heavy (non-hydrogen) atoms. The maximum atomic E-state index is 12.9. The van der Waals surface area contributed by atoms with Crippen LogP contribution in [0.5, 0.6) is 0 Å². The van der Waals surface area contributed by atoms with Gasteiger partial charge >= 0.3 is 5.97 Å². The Balaban J connectivity index is 1.50. The number of thiophene rings is 1. The molecule has 0 atom stereocenters. The molecule has 10 heteroatoms. The molecular weight excluding hydrogens is 418 g/mol. The second-order valence-corrected chi connectivity index (χ2v) is 8.31. The van der Waals surface area contributed by atoms with Gasteiger partial charge in [0, 0.05) is 25.6 Å². The number of piperidine rings is 1. The molecule has 162 valence electrons. The molecule has 0 saturated carbocycles. The summed E-state index contributed by atoms with van der Waals surface area (Å²) in [6, 6.07) is 5.53. The highest BCUT2D eigenvalue weighted by molar-refractivity contribution is 7.13. The van der Waals surface area contributed by atoms with Gasteiger partial charge in [-0.15, -0.1) is 11.3 Å². The van der Waals surface area contributed by atoms with Gasteiger partial charge in [-0.1, -0.05) is 6.07 Å². The molecule has 0 bridgehead atoms. The van der Waals surface area contributed by atoms with E-state index in [1.807, 2.05) is 24.4 Å². The van der Waals surface area contributed by atoms with Gasteiger partial charge in [-0.25, -0.2) is 14.5 Å². The Morgan fingerprint density at radius 1 is 1.29 bits per heavy atom. The van der Waals surface area contributed by atoms with Crippen LogP contribution in [0, 0.1) is 5.92 Å². The van der Waals surface area contributed by atoms with Gasteiger partial charge in [0.15, 0.2) is 12.3 Å². The van der Waals surface area contributed by atoms with Crippen molar-refractivity contribution in [3.63, 3.8) is 0 Å².